The molecule has 2 aromatic carbocycles. The highest BCUT2D eigenvalue weighted by Gasteiger charge is 2.28. The Labute approximate surface area is 153 Å². The molecule has 0 radical (unpaired) electrons. The van der Waals surface area contributed by atoms with Gasteiger partial charge in [0.05, 0.1) is 11.6 Å². The number of amides is 1. The molecule has 3 aromatic rings. The van der Waals surface area contributed by atoms with Crippen LogP contribution in [0.1, 0.15) is 24.1 Å². The van der Waals surface area contributed by atoms with Crippen molar-refractivity contribution in [3.8, 4) is 0 Å². The standard InChI is InChI=1S/C21H24N4O/c1-2-16-7-9-17(10-8-16)20-13-22-11-12-25(20)21(26)15-24-14-18-5-3-4-6-19(18)23-24/h3-10,14,20,22H,2,11-13,15H2,1H3. The van der Waals surface area contributed by atoms with Crippen molar-refractivity contribution in [2.45, 2.75) is 25.9 Å². The van der Waals surface area contributed by atoms with Gasteiger partial charge in [0, 0.05) is 31.2 Å². The molecule has 26 heavy (non-hydrogen) atoms. The van der Waals surface area contributed by atoms with Gasteiger partial charge in [-0.15, -0.1) is 0 Å². The fourth-order valence-electron chi connectivity index (χ4n) is 3.60. The quantitative estimate of drug-likeness (QED) is 0.789. The van der Waals surface area contributed by atoms with Gasteiger partial charge in [0.25, 0.3) is 0 Å². The first-order valence-electron chi connectivity index (χ1n) is 9.26. The average Bonchev–Trinajstić information content (AvgIpc) is 3.10. The topological polar surface area (TPSA) is 50.2 Å². The zero-order chi connectivity index (χ0) is 17.9. The Kier molecular flexibility index (Phi) is 4.71. The molecule has 1 aliphatic heterocycles. The molecule has 0 bridgehead atoms. The molecule has 1 aliphatic rings. The lowest BCUT2D eigenvalue weighted by molar-refractivity contribution is -0.135. The molecule has 1 N–H and O–H groups in total. The number of aryl methyl sites for hydroxylation is 1. The van der Waals surface area contributed by atoms with Gasteiger partial charge < -0.3 is 10.2 Å². The van der Waals surface area contributed by atoms with E-state index >= 15 is 0 Å². The van der Waals surface area contributed by atoms with E-state index in [1.807, 2.05) is 35.4 Å². The second-order valence-corrected chi connectivity index (χ2v) is 6.79. The van der Waals surface area contributed by atoms with Crippen LogP contribution in [0.4, 0.5) is 0 Å². The van der Waals surface area contributed by atoms with Crippen molar-refractivity contribution in [2.24, 2.45) is 0 Å². The van der Waals surface area contributed by atoms with Gasteiger partial charge in [-0.2, -0.15) is 5.10 Å². The van der Waals surface area contributed by atoms with Crippen molar-refractivity contribution >= 4 is 16.8 Å². The van der Waals surface area contributed by atoms with Crippen molar-refractivity contribution in [2.75, 3.05) is 19.6 Å². The number of fused-ring (bicyclic) bond motifs is 1. The number of hydrogen-bond donors (Lipinski definition) is 1. The van der Waals surface area contributed by atoms with E-state index in [1.165, 1.54) is 11.1 Å². The second-order valence-electron chi connectivity index (χ2n) is 6.79. The number of hydrogen-bond acceptors (Lipinski definition) is 3. The summed E-state index contributed by atoms with van der Waals surface area (Å²) in [7, 11) is 0. The third kappa shape index (κ3) is 3.35. The zero-order valence-electron chi connectivity index (χ0n) is 15.1. The summed E-state index contributed by atoms with van der Waals surface area (Å²) in [5, 5.41) is 9.00. The molecule has 1 saturated heterocycles. The minimum Gasteiger partial charge on any atom is -0.331 e. The molecule has 1 unspecified atom stereocenters. The molecule has 1 aromatic heterocycles. The largest absolute Gasteiger partial charge is 0.331 e. The number of piperazine rings is 1. The van der Waals surface area contributed by atoms with E-state index in [0.717, 1.165) is 37.0 Å². The van der Waals surface area contributed by atoms with Gasteiger partial charge in [0.15, 0.2) is 0 Å². The average molecular weight is 348 g/mol. The summed E-state index contributed by atoms with van der Waals surface area (Å²) in [6, 6.07) is 16.6. The summed E-state index contributed by atoms with van der Waals surface area (Å²) in [5.41, 5.74) is 3.43. The number of carbonyl (C=O) groups is 1. The smallest absolute Gasteiger partial charge is 0.244 e. The summed E-state index contributed by atoms with van der Waals surface area (Å²) in [6.45, 7) is 4.77. The first-order valence-corrected chi connectivity index (χ1v) is 9.26. The van der Waals surface area contributed by atoms with E-state index in [4.69, 9.17) is 0 Å². The van der Waals surface area contributed by atoms with Crippen LogP contribution in [0.5, 0.6) is 0 Å². The minimum atomic E-state index is 0.0761. The predicted molar refractivity (Wildman–Crippen MR) is 103 cm³/mol. The highest BCUT2D eigenvalue weighted by atomic mass is 16.2. The van der Waals surface area contributed by atoms with Gasteiger partial charge in [-0.1, -0.05) is 49.4 Å². The van der Waals surface area contributed by atoms with E-state index in [2.05, 4.69) is 41.6 Å². The molecule has 0 spiro atoms. The predicted octanol–water partition coefficient (Wildman–Crippen LogP) is 2.77. The Morgan fingerprint density at radius 2 is 2.00 bits per heavy atom. The van der Waals surface area contributed by atoms with Crippen LogP contribution >= 0.6 is 0 Å². The van der Waals surface area contributed by atoms with Crippen LogP contribution in [0, 0.1) is 0 Å². The van der Waals surface area contributed by atoms with E-state index in [1.54, 1.807) is 4.68 Å². The van der Waals surface area contributed by atoms with Crippen LogP contribution in [0.2, 0.25) is 0 Å². The molecule has 1 fully saturated rings. The molecule has 0 saturated carbocycles. The van der Waals surface area contributed by atoms with Crippen molar-refractivity contribution in [1.82, 2.24) is 20.0 Å². The third-order valence-corrected chi connectivity index (χ3v) is 5.09. The van der Waals surface area contributed by atoms with Crippen molar-refractivity contribution in [1.29, 1.82) is 0 Å². The number of benzene rings is 2. The lowest BCUT2D eigenvalue weighted by atomic mass is 10.0. The normalized spacial score (nSPS) is 17.6. The van der Waals surface area contributed by atoms with E-state index in [9.17, 15) is 4.79 Å². The number of nitrogens with zero attached hydrogens (tertiary/aromatic N) is 3. The fourth-order valence-corrected chi connectivity index (χ4v) is 3.60. The molecular weight excluding hydrogens is 324 g/mol. The Balaban J connectivity index is 1.53. The van der Waals surface area contributed by atoms with E-state index in [0.29, 0.717) is 0 Å². The summed E-state index contributed by atoms with van der Waals surface area (Å²) >= 11 is 0. The first-order chi connectivity index (χ1) is 12.7. The summed E-state index contributed by atoms with van der Waals surface area (Å²) < 4.78 is 1.76. The summed E-state index contributed by atoms with van der Waals surface area (Å²) in [4.78, 5) is 15.0. The fraction of sp³-hybridized carbons (Fsp3) is 0.333. The van der Waals surface area contributed by atoms with Gasteiger partial charge in [0.1, 0.15) is 6.54 Å². The van der Waals surface area contributed by atoms with Crippen LogP contribution < -0.4 is 5.32 Å². The summed E-state index contributed by atoms with van der Waals surface area (Å²) in [6.07, 6.45) is 2.97. The minimum absolute atomic E-state index is 0.0761. The maximum atomic E-state index is 13.0. The first kappa shape index (κ1) is 16.8. The highest BCUT2D eigenvalue weighted by molar-refractivity contribution is 5.80. The Bertz CT molecular complexity index is 867. The van der Waals surface area contributed by atoms with Crippen molar-refractivity contribution < 1.29 is 4.79 Å². The van der Waals surface area contributed by atoms with Crippen LogP contribution in [-0.4, -0.2) is 40.2 Å². The van der Waals surface area contributed by atoms with Crippen molar-refractivity contribution in [3.05, 3.63) is 65.9 Å². The highest BCUT2D eigenvalue weighted by Crippen LogP contribution is 2.23. The number of aromatic nitrogens is 2. The Morgan fingerprint density at radius 3 is 2.77 bits per heavy atom. The van der Waals surface area contributed by atoms with Crippen LogP contribution in [-0.2, 0) is 17.8 Å². The van der Waals surface area contributed by atoms with Crippen LogP contribution in [0.15, 0.2) is 54.7 Å². The molecule has 2 heterocycles. The summed E-state index contributed by atoms with van der Waals surface area (Å²) in [5.74, 6) is 0.115. The van der Waals surface area contributed by atoms with Gasteiger partial charge in [-0.3, -0.25) is 9.48 Å². The second kappa shape index (κ2) is 7.30. The maximum absolute atomic E-state index is 13.0. The SMILES string of the molecule is CCc1ccc(C2CNCCN2C(=O)Cn2cc3ccccc3n2)cc1. The molecule has 1 atom stereocenters. The Hall–Kier alpha value is -2.66. The maximum Gasteiger partial charge on any atom is 0.244 e. The molecule has 4 rings (SSSR count). The van der Waals surface area contributed by atoms with Gasteiger partial charge >= 0.3 is 0 Å². The lowest BCUT2D eigenvalue weighted by Crippen LogP contribution is -2.49. The number of carbonyl (C=O) groups excluding carboxylic acids is 1. The number of nitrogens with one attached hydrogen (secondary N) is 1. The molecule has 5 heteroatoms. The molecule has 5 nitrogen and oxygen atoms in total. The third-order valence-electron chi connectivity index (χ3n) is 5.09. The van der Waals surface area contributed by atoms with E-state index < -0.39 is 0 Å². The van der Waals surface area contributed by atoms with E-state index in [-0.39, 0.29) is 18.5 Å². The Morgan fingerprint density at radius 1 is 1.19 bits per heavy atom. The van der Waals surface area contributed by atoms with Gasteiger partial charge in [0.2, 0.25) is 5.91 Å². The lowest BCUT2D eigenvalue weighted by Gasteiger charge is -2.36. The molecular formula is C21H24N4O. The monoisotopic (exact) mass is 348 g/mol. The van der Waals surface area contributed by atoms with Crippen molar-refractivity contribution in [3.63, 3.8) is 0 Å². The molecule has 0 aliphatic carbocycles. The van der Waals surface area contributed by atoms with Crippen LogP contribution in [0.3, 0.4) is 0 Å². The number of rotatable bonds is 4. The molecule has 134 valence electrons. The molecule has 1 amide bonds. The zero-order valence-corrected chi connectivity index (χ0v) is 15.1. The van der Waals surface area contributed by atoms with Gasteiger partial charge in [-0.25, -0.2) is 0 Å². The van der Waals surface area contributed by atoms with Crippen LogP contribution in [0.25, 0.3) is 10.9 Å². The van der Waals surface area contributed by atoms with Gasteiger partial charge in [-0.05, 0) is 23.6 Å².